The van der Waals surface area contributed by atoms with E-state index < -0.39 is 0 Å². The summed E-state index contributed by atoms with van der Waals surface area (Å²) < 4.78 is 2.86. The first-order valence-electron chi connectivity index (χ1n) is 8.61. The Morgan fingerprint density at radius 2 is 1.90 bits per heavy atom. The van der Waals surface area contributed by atoms with Gasteiger partial charge >= 0.3 is 0 Å². The van der Waals surface area contributed by atoms with E-state index in [1.165, 1.54) is 28.0 Å². The van der Waals surface area contributed by atoms with Crippen LogP contribution in [0.5, 0.6) is 0 Å². The minimum atomic E-state index is -0.327. The molecule has 6 nitrogen and oxygen atoms in total. The van der Waals surface area contributed by atoms with Crippen LogP contribution in [0.1, 0.15) is 0 Å². The SMILES string of the molecule is CN(CC(=O)Nc1ccccc1Cl)C(=O)CSc1nn(-c2ccc(Cl)cc2)c(=S)s1. The topological polar surface area (TPSA) is 67.2 Å². The number of carbonyl (C=O) groups is 2. The van der Waals surface area contributed by atoms with Crippen LogP contribution in [0.2, 0.25) is 10.0 Å². The van der Waals surface area contributed by atoms with E-state index in [9.17, 15) is 9.59 Å². The van der Waals surface area contributed by atoms with Crippen molar-refractivity contribution in [2.75, 3.05) is 24.7 Å². The van der Waals surface area contributed by atoms with Gasteiger partial charge in [-0.05, 0) is 48.6 Å². The molecule has 0 spiro atoms. The quantitative estimate of drug-likeness (QED) is 0.359. The van der Waals surface area contributed by atoms with Crippen LogP contribution in [-0.4, -0.2) is 45.8 Å². The van der Waals surface area contributed by atoms with Crippen molar-refractivity contribution in [1.29, 1.82) is 0 Å². The number of rotatable bonds is 7. The molecule has 30 heavy (non-hydrogen) atoms. The van der Waals surface area contributed by atoms with Crippen molar-refractivity contribution >= 4 is 76.0 Å². The fourth-order valence-electron chi connectivity index (χ4n) is 2.35. The maximum absolute atomic E-state index is 12.4. The second-order valence-electron chi connectivity index (χ2n) is 6.09. The zero-order valence-electron chi connectivity index (χ0n) is 15.7. The molecule has 0 aliphatic heterocycles. The van der Waals surface area contributed by atoms with Crippen molar-refractivity contribution < 1.29 is 9.59 Å². The molecule has 0 bridgehead atoms. The van der Waals surface area contributed by atoms with Crippen molar-refractivity contribution in [3.8, 4) is 5.69 Å². The van der Waals surface area contributed by atoms with Crippen LogP contribution >= 0.6 is 58.5 Å². The first-order valence-corrected chi connectivity index (χ1v) is 11.6. The summed E-state index contributed by atoms with van der Waals surface area (Å²) in [6, 6.07) is 14.1. The van der Waals surface area contributed by atoms with Crippen LogP contribution in [-0.2, 0) is 9.59 Å². The molecule has 1 aromatic heterocycles. The minimum Gasteiger partial charge on any atom is -0.336 e. The maximum Gasteiger partial charge on any atom is 0.244 e. The van der Waals surface area contributed by atoms with Gasteiger partial charge in [-0.1, -0.05) is 58.4 Å². The number of likely N-dealkylation sites (N-methyl/N-ethyl adjacent to an activating group) is 1. The van der Waals surface area contributed by atoms with Crippen LogP contribution in [0.15, 0.2) is 52.9 Å². The smallest absolute Gasteiger partial charge is 0.244 e. The van der Waals surface area contributed by atoms with Crippen molar-refractivity contribution in [2.45, 2.75) is 4.34 Å². The number of hydrogen-bond donors (Lipinski definition) is 1. The number of nitrogens with zero attached hydrogens (tertiary/aromatic N) is 3. The molecular weight excluding hydrogens is 483 g/mol. The molecule has 0 fully saturated rings. The molecule has 1 N–H and O–H groups in total. The van der Waals surface area contributed by atoms with Gasteiger partial charge in [-0.15, -0.1) is 5.10 Å². The Balaban J connectivity index is 1.54. The molecule has 3 aromatic rings. The highest BCUT2D eigenvalue weighted by molar-refractivity contribution is 8.01. The first-order chi connectivity index (χ1) is 14.3. The van der Waals surface area contributed by atoms with Gasteiger partial charge in [0.05, 0.1) is 28.7 Å². The summed E-state index contributed by atoms with van der Waals surface area (Å²) in [5.74, 6) is -0.390. The van der Waals surface area contributed by atoms with Crippen molar-refractivity contribution in [2.24, 2.45) is 0 Å². The van der Waals surface area contributed by atoms with Crippen LogP contribution in [0.4, 0.5) is 5.69 Å². The molecule has 11 heteroatoms. The Hall–Kier alpha value is -1.91. The summed E-state index contributed by atoms with van der Waals surface area (Å²) in [4.78, 5) is 25.9. The number of nitrogens with one attached hydrogen (secondary N) is 1. The standard InChI is InChI=1S/C19H16Cl2N4O2S3/c1-24(10-16(26)22-15-5-3-2-4-14(15)21)17(27)11-29-18-23-25(19(28)30-18)13-8-6-12(20)7-9-13/h2-9H,10-11H2,1H3,(H,22,26). The molecule has 0 aliphatic rings. The van der Waals surface area contributed by atoms with Gasteiger partial charge in [0.15, 0.2) is 8.29 Å². The predicted octanol–water partition coefficient (Wildman–Crippen LogP) is 5.16. The minimum absolute atomic E-state index is 0.0838. The lowest BCUT2D eigenvalue weighted by atomic mass is 10.3. The molecule has 0 atom stereocenters. The van der Waals surface area contributed by atoms with E-state index in [2.05, 4.69) is 10.4 Å². The zero-order valence-corrected chi connectivity index (χ0v) is 19.6. The summed E-state index contributed by atoms with van der Waals surface area (Å²) >= 11 is 19.9. The number of benzene rings is 2. The van der Waals surface area contributed by atoms with E-state index in [-0.39, 0.29) is 24.1 Å². The van der Waals surface area contributed by atoms with E-state index >= 15 is 0 Å². The molecule has 0 radical (unpaired) electrons. The summed E-state index contributed by atoms with van der Waals surface area (Å²) in [5.41, 5.74) is 1.30. The van der Waals surface area contributed by atoms with Gasteiger partial charge in [0.25, 0.3) is 0 Å². The molecule has 0 aliphatic carbocycles. The lowest BCUT2D eigenvalue weighted by Gasteiger charge is -2.16. The van der Waals surface area contributed by atoms with E-state index in [1.54, 1.807) is 48.1 Å². The van der Waals surface area contributed by atoms with Gasteiger partial charge in [0.1, 0.15) is 0 Å². The second-order valence-corrected chi connectivity index (χ2v) is 9.78. The van der Waals surface area contributed by atoms with E-state index in [1.807, 2.05) is 12.1 Å². The van der Waals surface area contributed by atoms with Crippen molar-refractivity contribution in [3.05, 3.63) is 62.5 Å². The fourth-order valence-corrected chi connectivity index (χ4v) is 4.96. The lowest BCUT2D eigenvalue weighted by Crippen LogP contribution is -2.36. The average molecular weight is 499 g/mol. The summed E-state index contributed by atoms with van der Waals surface area (Å²) in [7, 11) is 1.57. The van der Waals surface area contributed by atoms with Crippen LogP contribution in [0.25, 0.3) is 5.69 Å². The highest BCUT2D eigenvalue weighted by atomic mass is 35.5. The number of hydrogen-bond acceptors (Lipinski definition) is 6. The van der Waals surface area contributed by atoms with Crippen molar-refractivity contribution in [3.63, 3.8) is 0 Å². The third-order valence-electron chi connectivity index (χ3n) is 3.87. The normalized spacial score (nSPS) is 10.6. The van der Waals surface area contributed by atoms with Gasteiger partial charge in [0, 0.05) is 12.1 Å². The number of thioether (sulfide) groups is 1. The Morgan fingerprint density at radius 3 is 2.60 bits per heavy atom. The largest absolute Gasteiger partial charge is 0.336 e. The molecule has 2 aromatic carbocycles. The van der Waals surface area contributed by atoms with Crippen LogP contribution in [0, 0.1) is 3.95 Å². The van der Waals surface area contributed by atoms with Gasteiger partial charge in [-0.2, -0.15) is 0 Å². The highest BCUT2D eigenvalue weighted by Gasteiger charge is 2.16. The zero-order chi connectivity index (χ0) is 21.7. The molecule has 3 rings (SSSR count). The number of halogens is 2. The number of aromatic nitrogens is 2. The van der Waals surface area contributed by atoms with Crippen LogP contribution < -0.4 is 5.32 Å². The number of carbonyl (C=O) groups excluding carboxylic acids is 2. The molecule has 0 saturated heterocycles. The monoisotopic (exact) mass is 498 g/mol. The third-order valence-corrected chi connectivity index (χ3v) is 6.81. The average Bonchev–Trinajstić information content (AvgIpc) is 3.09. The second kappa shape index (κ2) is 10.4. The van der Waals surface area contributed by atoms with Gasteiger partial charge < -0.3 is 10.2 Å². The predicted molar refractivity (Wildman–Crippen MR) is 126 cm³/mol. The Kier molecular flexibility index (Phi) is 7.90. The first kappa shape index (κ1) is 22.8. The summed E-state index contributed by atoms with van der Waals surface area (Å²) in [5, 5.41) is 8.21. The summed E-state index contributed by atoms with van der Waals surface area (Å²) in [6.07, 6.45) is 0. The Bertz CT molecular complexity index is 1120. The van der Waals surface area contributed by atoms with Crippen molar-refractivity contribution in [1.82, 2.24) is 14.7 Å². The molecule has 1 heterocycles. The van der Waals surface area contributed by atoms with E-state index in [4.69, 9.17) is 35.4 Å². The number of amides is 2. The molecule has 156 valence electrons. The van der Waals surface area contributed by atoms with E-state index in [0.29, 0.717) is 24.0 Å². The highest BCUT2D eigenvalue weighted by Crippen LogP contribution is 2.25. The molecular formula is C19H16Cl2N4O2S3. The maximum atomic E-state index is 12.4. The van der Waals surface area contributed by atoms with Gasteiger partial charge in [-0.25, -0.2) is 4.68 Å². The fraction of sp³-hybridized carbons (Fsp3) is 0.158. The Labute approximate surface area is 196 Å². The molecule has 0 saturated carbocycles. The summed E-state index contributed by atoms with van der Waals surface area (Å²) in [6.45, 7) is -0.0838. The van der Waals surface area contributed by atoms with E-state index in [0.717, 1.165) is 5.69 Å². The third kappa shape index (κ3) is 6.05. The lowest BCUT2D eigenvalue weighted by molar-refractivity contribution is -0.131. The number of anilines is 1. The Morgan fingerprint density at radius 1 is 1.20 bits per heavy atom. The molecule has 2 amide bonds. The molecule has 0 unspecified atom stereocenters. The van der Waals surface area contributed by atoms with Gasteiger partial charge in [-0.3, -0.25) is 9.59 Å². The van der Waals surface area contributed by atoms with Crippen LogP contribution in [0.3, 0.4) is 0 Å². The van der Waals surface area contributed by atoms with Gasteiger partial charge in [0.2, 0.25) is 11.8 Å². The number of para-hydroxylation sites is 1.